The number of rotatable bonds is 6. The van der Waals surface area contributed by atoms with Crippen LogP contribution in [0.2, 0.25) is 0 Å². The summed E-state index contributed by atoms with van der Waals surface area (Å²) >= 11 is 3.44. The van der Waals surface area contributed by atoms with Gasteiger partial charge in [-0.3, -0.25) is 4.90 Å². The third kappa shape index (κ3) is 5.35. The molecule has 1 aliphatic heterocycles. The second-order valence-corrected chi connectivity index (χ2v) is 7.32. The van der Waals surface area contributed by atoms with Gasteiger partial charge in [-0.2, -0.15) is 0 Å². The van der Waals surface area contributed by atoms with Gasteiger partial charge in [0.2, 0.25) is 0 Å². The smallest absolute Gasteiger partial charge is 0.127 e. The fraction of sp³-hybridized carbons (Fsp3) is 0.647. The van der Waals surface area contributed by atoms with Crippen LogP contribution in [0.5, 0.6) is 0 Å². The van der Waals surface area contributed by atoms with Crippen LogP contribution in [0.3, 0.4) is 0 Å². The minimum absolute atomic E-state index is 0.0994. The van der Waals surface area contributed by atoms with Crippen molar-refractivity contribution in [1.82, 2.24) is 10.2 Å². The van der Waals surface area contributed by atoms with Crippen molar-refractivity contribution >= 4 is 15.9 Å². The molecule has 2 nitrogen and oxygen atoms in total. The molecule has 1 unspecified atom stereocenters. The molecule has 21 heavy (non-hydrogen) atoms. The summed E-state index contributed by atoms with van der Waals surface area (Å²) < 4.78 is 14.9. The summed E-state index contributed by atoms with van der Waals surface area (Å²) in [6, 6.07) is 5.74. The number of likely N-dealkylation sites (tertiary alicyclic amines) is 1. The van der Waals surface area contributed by atoms with Crippen LogP contribution in [0.15, 0.2) is 22.7 Å². The van der Waals surface area contributed by atoms with E-state index in [4.69, 9.17) is 0 Å². The van der Waals surface area contributed by atoms with Crippen molar-refractivity contribution in [3.63, 3.8) is 0 Å². The Labute approximate surface area is 136 Å². The molecule has 0 aromatic heterocycles. The lowest BCUT2D eigenvalue weighted by atomic mass is 10.0. The Morgan fingerprint density at radius 1 is 1.38 bits per heavy atom. The largest absolute Gasteiger partial charge is 0.315 e. The molecule has 1 aliphatic rings. The molecule has 1 aromatic rings. The molecule has 2 rings (SSSR count). The summed E-state index contributed by atoms with van der Waals surface area (Å²) in [7, 11) is 0. The van der Waals surface area contributed by atoms with Gasteiger partial charge in [-0.25, -0.2) is 4.39 Å². The molecule has 1 saturated heterocycles. The molecule has 4 heteroatoms. The molecule has 0 saturated carbocycles. The summed E-state index contributed by atoms with van der Waals surface area (Å²) in [4.78, 5) is 2.43. The quantitative estimate of drug-likeness (QED) is 0.821. The lowest BCUT2D eigenvalue weighted by molar-refractivity contribution is 0.135. The topological polar surface area (TPSA) is 15.3 Å². The van der Waals surface area contributed by atoms with Gasteiger partial charge in [-0.1, -0.05) is 36.2 Å². The maximum atomic E-state index is 13.9. The van der Waals surface area contributed by atoms with E-state index in [0.29, 0.717) is 18.5 Å². The monoisotopic (exact) mass is 356 g/mol. The first-order chi connectivity index (χ1) is 10.1. The molecule has 0 spiro atoms. The molecular weight excluding hydrogens is 331 g/mol. The van der Waals surface area contributed by atoms with E-state index in [2.05, 4.69) is 40.0 Å². The second-order valence-electron chi connectivity index (χ2n) is 6.41. The minimum Gasteiger partial charge on any atom is -0.315 e. The normalized spacial score (nSPS) is 20.1. The van der Waals surface area contributed by atoms with Gasteiger partial charge in [0.15, 0.2) is 0 Å². The van der Waals surface area contributed by atoms with Crippen LogP contribution in [0.1, 0.15) is 38.7 Å². The average Bonchev–Trinajstić information content (AvgIpc) is 2.44. The fourth-order valence-electron chi connectivity index (χ4n) is 2.92. The van der Waals surface area contributed by atoms with E-state index >= 15 is 0 Å². The van der Waals surface area contributed by atoms with Gasteiger partial charge in [0.1, 0.15) is 5.82 Å². The van der Waals surface area contributed by atoms with Crippen molar-refractivity contribution in [2.75, 3.05) is 19.6 Å². The van der Waals surface area contributed by atoms with Crippen LogP contribution in [-0.2, 0) is 6.54 Å². The molecule has 118 valence electrons. The number of halogens is 2. The number of nitrogens with one attached hydrogen (secondary N) is 1. The Bertz CT molecular complexity index is 450. The van der Waals surface area contributed by atoms with Crippen LogP contribution in [0.4, 0.5) is 4.39 Å². The van der Waals surface area contributed by atoms with Crippen LogP contribution in [0, 0.1) is 11.7 Å². The molecule has 1 atom stereocenters. The summed E-state index contributed by atoms with van der Waals surface area (Å²) in [6.07, 6.45) is 3.71. The Balaban J connectivity index is 1.96. The van der Waals surface area contributed by atoms with Gasteiger partial charge in [0, 0.05) is 29.2 Å². The van der Waals surface area contributed by atoms with E-state index < -0.39 is 0 Å². The lowest BCUT2D eigenvalue weighted by Crippen LogP contribution is -2.45. The average molecular weight is 357 g/mol. The third-order valence-corrected chi connectivity index (χ3v) is 4.56. The fourth-order valence-corrected chi connectivity index (χ4v) is 3.33. The number of piperidine rings is 1. The standard InChI is InChI=1S/C17H26BrFN2/c1-13(2)10-20-11-16-5-3-4-8-21(16)12-14-9-15(18)6-7-17(14)19/h6-7,9,13,16,20H,3-5,8,10-12H2,1-2H3. The highest BCUT2D eigenvalue weighted by Crippen LogP contribution is 2.22. The van der Waals surface area contributed by atoms with Crippen LogP contribution >= 0.6 is 15.9 Å². The van der Waals surface area contributed by atoms with Crippen molar-refractivity contribution < 1.29 is 4.39 Å². The maximum absolute atomic E-state index is 13.9. The zero-order valence-corrected chi connectivity index (χ0v) is 14.6. The number of nitrogens with zero attached hydrogens (tertiary/aromatic N) is 1. The Morgan fingerprint density at radius 3 is 2.95 bits per heavy atom. The zero-order valence-electron chi connectivity index (χ0n) is 13.0. The lowest BCUT2D eigenvalue weighted by Gasteiger charge is -2.36. The minimum atomic E-state index is -0.0994. The van der Waals surface area contributed by atoms with Crippen molar-refractivity contribution in [3.8, 4) is 0 Å². The van der Waals surface area contributed by atoms with Crippen molar-refractivity contribution in [1.29, 1.82) is 0 Å². The molecule has 0 radical (unpaired) electrons. The zero-order chi connectivity index (χ0) is 15.2. The molecule has 1 N–H and O–H groups in total. The number of benzene rings is 1. The van der Waals surface area contributed by atoms with Gasteiger partial charge in [-0.05, 0) is 50.0 Å². The Morgan fingerprint density at radius 2 is 2.19 bits per heavy atom. The predicted molar refractivity (Wildman–Crippen MR) is 89.9 cm³/mol. The molecule has 0 aliphatic carbocycles. The van der Waals surface area contributed by atoms with Crippen LogP contribution < -0.4 is 5.32 Å². The van der Waals surface area contributed by atoms with Crippen LogP contribution in [0.25, 0.3) is 0 Å². The van der Waals surface area contributed by atoms with Gasteiger partial charge in [0.25, 0.3) is 0 Å². The maximum Gasteiger partial charge on any atom is 0.127 e. The van der Waals surface area contributed by atoms with E-state index in [1.807, 2.05) is 6.07 Å². The van der Waals surface area contributed by atoms with Crippen molar-refractivity contribution in [2.24, 2.45) is 5.92 Å². The first kappa shape index (κ1) is 16.9. The third-order valence-electron chi connectivity index (χ3n) is 4.06. The van der Waals surface area contributed by atoms with Gasteiger partial charge in [0.05, 0.1) is 0 Å². The first-order valence-corrected chi connectivity index (χ1v) is 8.74. The highest BCUT2D eigenvalue weighted by atomic mass is 79.9. The molecule has 1 fully saturated rings. The van der Waals surface area contributed by atoms with Gasteiger partial charge < -0.3 is 5.32 Å². The predicted octanol–water partition coefficient (Wildman–Crippen LogP) is 4.19. The summed E-state index contributed by atoms with van der Waals surface area (Å²) in [5.41, 5.74) is 0.792. The summed E-state index contributed by atoms with van der Waals surface area (Å²) in [5, 5.41) is 3.55. The second kappa shape index (κ2) is 8.25. The van der Waals surface area contributed by atoms with E-state index in [1.54, 1.807) is 12.1 Å². The molecule has 0 amide bonds. The molecule has 1 aromatic carbocycles. The SMILES string of the molecule is CC(C)CNCC1CCCCN1Cc1cc(Br)ccc1F. The van der Waals surface area contributed by atoms with E-state index in [1.165, 1.54) is 19.3 Å². The molecule has 1 heterocycles. The van der Waals surface area contributed by atoms with Crippen molar-refractivity contribution in [3.05, 3.63) is 34.1 Å². The molecular formula is C17H26BrFN2. The van der Waals surface area contributed by atoms with Crippen molar-refractivity contribution in [2.45, 2.75) is 45.7 Å². The Hall–Kier alpha value is -0.450. The van der Waals surface area contributed by atoms with Crippen LogP contribution in [-0.4, -0.2) is 30.6 Å². The molecule has 0 bridgehead atoms. The number of hydrogen-bond donors (Lipinski definition) is 1. The van der Waals surface area contributed by atoms with Gasteiger partial charge in [-0.15, -0.1) is 0 Å². The Kier molecular flexibility index (Phi) is 6.65. The number of hydrogen-bond acceptors (Lipinski definition) is 2. The summed E-state index contributed by atoms with van der Waals surface area (Å²) in [5.74, 6) is 0.572. The highest BCUT2D eigenvalue weighted by Gasteiger charge is 2.23. The van der Waals surface area contributed by atoms with Gasteiger partial charge >= 0.3 is 0 Å². The van der Waals surface area contributed by atoms with E-state index in [9.17, 15) is 4.39 Å². The van der Waals surface area contributed by atoms with E-state index in [-0.39, 0.29) is 5.82 Å². The first-order valence-electron chi connectivity index (χ1n) is 7.95. The van der Waals surface area contributed by atoms with E-state index in [0.717, 1.165) is 29.7 Å². The highest BCUT2D eigenvalue weighted by molar-refractivity contribution is 9.10. The summed E-state index contributed by atoms with van der Waals surface area (Å²) in [6.45, 7) is 8.29.